The maximum Gasteiger partial charge on any atom is 0.231 e. The number of aryl methyl sites for hydroxylation is 1. The quantitative estimate of drug-likeness (QED) is 0.257. The van der Waals surface area contributed by atoms with Gasteiger partial charge < -0.3 is 28.4 Å². The zero-order chi connectivity index (χ0) is 26.4. The van der Waals surface area contributed by atoms with E-state index < -0.39 is 0 Å². The topological polar surface area (TPSA) is 55.4 Å². The van der Waals surface area contributed by atoms with E-state index in [0.717, 1.165) is 53.8 Å². The van der Waals surface area contributed by atoms with Crippen molar-refractivity contribution in [1.29, 1.82) is 0 Å². The van der Waals surface area contributed by atoms with Crippen molar-refractivity contribution < 1.29 is 28.4 Å². The van der Waals surface area contributed by atoms with Gasteiger partial charge in [0, 0.05) is 0 Å². The Hall–Kier alpha value is -4.32. The van der Waals surface area contributed by atoms with E-state index >= 15 is 0 Å². The number of ether oxygens (including phenoxy) is 6. The third-order valence-corrected chi connectivity index (χ3v) is 6.94. The zero-order valence-electron chi connectivity index (χ0n) is 22.1. The highest BCUT2D eigenvalue weighted by molar-refractivity contribution is 5.47. The number of hydrogen-bond acceptors (Lipinski definition) is 6. The smallest absolute Gasteiger partial charge is 0.231 e. The average molecular weight is 525 g/mol. The van der Waals surface area contributed by atoms with E-state index in [-0.39, 0.29) is 0 Å². The van der Waals surface area contributed by atoms with Crippen LogP contribution in [0.1, 0.15) is 47.6 Å². The molecule has 0 N–H and O–H groups in total. The Kier molecular flexibility index (Phi) is 7.43. The van der Waals surface area contributed by atoms with Gasteiger partial charge in [0.1, 0.15) is 0 Å². The molecule has 0 saturated heterocycles. The molecular weight excluding hydrogens is 492 g/mol. The molecule has 0 fully saturated rings. The minimum atomic E-state index is 0.309. The lowest BCUT2D eigenvalue weighted by molar-refractivity contribution is 0.173. The molecule has 7 rings (SSSR count). The molecular formula is C33H32O6. The van der Waals surface area contributed by atoms with E-state index in [1.165, 1.54) is 40.7 Å². The van der Waals surface area contributed by atoms with Crippen molar-refractivity contribution in [2.45, 2.75) is 39.0 Å². The van der Waals surface area contributed by atoms with Gasteiger partial charge in [-0.25, -0.2) is 0 Å². The molecule has 0 radical (unpaired) electrons. The summed E-state index contributed by atoms with van der Waals surface area (Å²) in [6.07, 6.45) is 5.33. The first-order valence-electron chi connectivity index (χ1n) is 13.5. The Balaban J connectivity index is 0.000000179. The van der Waals surface area contributed by atoms with Gasteiger partial charge in [0.25, 0.3) is 0 Å². The molecule has 4 aromatic carbocycles. The van der Waals surface area contributed by atoms with Crippen molar-refractivity contribution in [1.82, 2.24) is 0 Å². The summed E-state index contributed by atoms with van der Waals surface area (Å²) in [4.78, 5) is 0. The fourth-order valence-corrected chi connectivity index (χ4v) is 4.90. The Morgan fingerprint density at radius 1 is 0.462 bits per heavy atom. The number of rotatable bonds is 7. The number of benzene rings is 4. The zero-order valence-corrected chi connectivity index (χ0v) is 22.1. The van der Waals surface area contributed by atoms with Crippen LogP contribution in [0.4, 0.5) is 0 Å². The Morgan fingerprint density at radius 2 is 0.872 bits per heavy atom. The second-order valence-corrected chi connectivity index (χ2v) is 9.84. The van der Waals surface area contributed by atoms with Crippen molar-refractivity contribution in [3.63, 3.8) is 0 Å². The van der Waals surface area contributed by atoms with Crippen molar-refractivity contribution in [3.05, 3.63) is 107 Å². The lowest BCUT2D eigenvalue weighted by atomic mass is 9.99. The van der Waals surface area contributed by atoms with Crippen LogP contribution in [-0.4, -0.2) is 20.4 Å². The van der Waals surface area contributed by atoms with Gasteiger partial charge in [-0.15, -0.1) is 0 Å². The summed E-state index contributed by atoms with van der Waals surface area (Å²) in [5.41, 5.74) is 6.33. The van der Waals surface area contributed by atoms with Crippen molar-refractivity contribution in [2.75, 3.05) is 20.4 Å². The SMILES string of the molecule is CCCCc1ccc2c(c1)OCO2.c1cc(Cc2ccc3c(c2)OCO3)cc(Cc2ccc3c(c2)OCO3)c1. The van der Waals surface area contributed by atoms with Crippen LogP contribution >= 0.6 is 0 Å². The summed E-state index contributed by atoms with van der Waals surface area (Å²) < 4.78 is 32.2. The molecule has 0 aliphatic carbocycles. The fourth-order valence-electron chi connectivity index (χ4n) is 4.90. The first kappa shape index (κ1) is 25.0. The summed E-state index contributed by atoms with van der Waals surface area (Å²) in [7, 11) is 0. The van der Waals surface area contributed by atoms with Crippen LogP contribution in [0.2, 0.25) is 0 Å². The van der Waals surface area contributed by atoms with Gasteiger partial charge in [0.05, 0.1) is 0 Å². The van der Waals surface area contributed by atoms with E-state index in [2.05, 4.69) is 67.6 Å². The summed E-state index contributed by atoms with van der Waals surface area (Å²) in [6, 6.07) is 27.2. The van der Waals surface area contributed by atoms with Crippen LogP contribution in [0.15, 0.2) is 78.9 Å². The van der Waals surface area contributed by atoms with Gasteiger partial charge in [-0.1, -0.05) is 55.8 Å². The molecule has 3 heterocycles. The molecule has 39 heavy (non-hydrogen) atoms. The van der Waals surface area contributed by atoms with Crippen molar-refractivity contribution in [2.24, 2.45) is 0 Å². The van der Waals surface area contributed by atoms with Crippen LogP contribution in [-0.2, 0) is 19.3 Å². The monoisotopic (exact) mass is 524 g/mol. The Morgan fingerprint density at radius 3 is 1.36 bits per heavy atom. The van der Waals surface area contributed by atoms with E-state index in [1.54, 1.807) is 0 Å². The van der Waals surface area contributed by atoms with Crippen molar-refractivity contribution >= 4 is 0 Å². The highest BCUT2D eigenvalue weighted by Crippen LogP contribution is 2.35. The van der Waals surface area contributed by atoms with E-state index in [4.69, 9.17) is 28.4 Å². The molecule has 3 aliphatic heterocycles. The lowest BCUT2D eigenvalue weighted by Gasteiger charge is -2.08. The molecule has 0 spiro atoms. The third-order valence-electron chi connectivity index (χ3n) is 6.94. The van der Waals surface area contributed by atoms with Crippen LogP contribution in [0, 0.1) is 0 Å². The predicted octanol–water partition coefficient (Wildman–Crippen LogP) is 7.08. The molecule has 0 aromatic heterocycles. The molecule has 0 atom stereocenters. The molecule has 0 bridgehead atoms. The minimum Gasteiger partial charge on any atom is -0.454 e. The normalized spacial score (nSPS) is 13.7. The van der Waals surface area contributed by atoms with Crippen LogP contribution < -0.4 is 28.4 Å². The molecule has 0 unspecified atom stereocenters. The van der Waals surface area contributed by atoms with Crippen LogP contribution in [0.5, 0.6) is 34.5 Å². The first-order chi connectivity index (χ1) is 19.2. The first-order valence-corrected chi connectivity index (χ1v) is 13.5. The van der Waals surface area contributed by atoms with Gasteiger partial charge in [-0.05, 0) is 89.9 Å². The molecule has 0 saturated carbocycles. The molecule has 6 heteroatoms. The van der Waals surface area contributed by atoms with E-state index in [9.17, 15) is 0 Å². The van der Waals surface area contributed by atoms with Gasteiger partial charge >= 0.3 is 0 Å². The van der Waals surface area contributed by atoms with Crippen LogP contribution in [0.3, 0.4) is 0 Å². The summed E-state index contributed by atoms with van der Waals surface area (Å²) in [6.45, 7) is 3.19. The molecule has 200 valence electrons. The van der Waals surface area contributed by atoms with Crippen LogP contribution in [0.25, 0.3) is 0 Å². The van der Waals surface area contributed by atoms with Gasteiger partial charge in [-0.2, -0.15) is 0 Å². The summed E-state index contributed by atoms with van der Waals surface area (Å²) in [5.74, 6) is 5.09. The summed E-state index contributed by atoms with van der Waals surface area (Å²) in [5, 5.41) is 0. The highest BCUT2D eigenvalue weighted by Gasteiger charge is 2.15. The predicted molar refractivity (Wildman–Crippen MR) is 148 cm³/mol. The van der Waals surface area contributed by atoms with Gasteiger partial charge in [0.2, 0.25) is 20.4 Å². The van der Waals surface area contributed by atoms with E-state index in [1.807, 2.05) is 18.2 Å². The second-order valence-electron chi connectivity index (χ2n) is 9.84. The Bertz CT molecular complexity index is 1370. The third kappa shape index (κ3) is 6.06. The fraction of sp³-hybridized carbons (Fsp3) is 0.273. The number of fused-ring (bicyclic) bond motifs is 3. The van der Waals surface area contributed by atoms with E-state index in [0.29, 0.717) is 20.4 Å². The highest BCUT2D eigenvalue weighted by atomic mass is 16.7. The number of unbranched alkanes of at least 4 members (excludes halogenated alkanes) is 1. The maximum atomic E-state index is 5.47. The van der Waals surface area contributed by atoms with Gasteiger partial charge in [0.15, 0.2) is 34.5 Å². The molecule has 4 aromatic rings. The second kappa shape index (κ2) is 11.6. The molecule has 0 amide bonds. The molecule has 3 aliphatic rings. The average Bonchev–Trinajstić information content (AvgIpc) is 3.72. The largest absolute Gasteiger partial charge is 0.454 e. The standard InChI is InChI=1S/C22H18O4.C11H14O2/c1-2-15(9-17-4-6-19-21(11-17)25-13-23-19)8-16(3-1)10-18-5-7-20-22(12-18)26-14-24-20;1-2-3-4-9-5-6-10-11(7-9)13-8-12-10/h1-8,11-12H,9-10,13-14H2;5-7H,2-4,8H2,1H3. The number of hydrogen-bond donors (Lipinski definition) is 0. The Labute approximate surface area is 229 Å². The van der Waals surface area contributed by atoms with Gasteiger partial charge in [-0.3, -0.25) is 0 Å². The minimum absolute atomic E-state index is 0.309. The summed E-state index contributed by atoms with van der Waals surface area (Å²) >= 11 is 0. The van der Waals surface area contributed by atoms with Crippen molar-refractivity contribution in [3.8, 4) is 34.5 Å². The maximum absolute atomic E-state index is 5.47. The molecule has 6 nitrogen and oxygen atoms in total. The lowest BCUT2D eigenvalue weighted by Crippen LogP contribution is -1.94.